The van der Waals surface area contributed by atoms with Crippen molar-refractivity contribution in [1.82, 2.24) is 4.90 Å². The van der Waals surface area contributed by atoms with Gasteiger partial charge in [-0.25, -0.2) is 0 Å². The molecule has 0 radical (unpaired) electrons. The molecular formula is C13H23NOS. The van der Waals surface area contributed by atoms with Gasteiger partial charge in [-0.3, -0.25) is 0 Å². The van der Waals surface area contributed by atoms with Gasteiger partial charge in [-0.15, -0.1) is 13.2 Å². The number of hydrogen-bond acceptors (Lipinski definition) is 2. The maximum Gasteiger partial charge on any atom is 0.0839 e. The van der Waals surface area contributed by atoms with Crippen LogP contribution in [0.25, 0.3) is 0 Å². The Morgan fingerprint density at radius 2 is 1.69 bits per heavy atom. The molecule has 2 nitrogen and oxygen atoms in total. The van der Waals surface area contributed by atoms with Gasteiger partial charge in [-0.1, -0.05) is 45.1 Å². The quantitative estimate of drug-likeness (QED) is 0.547. The summed E-state index contributed by atoms with van der Waals surface area (Å²) >= 11 is 5.39. The Labute approximate surface area is 105 Å². The summed E-state index contributed by atoms with van der Waals surface area (Å²) in [5, 5.41) is 9.98. The highest BCUT2D eigenvalue weighted by Gasteiger charge is 2.24. The molecule has 0 aliphatic heterocycles. The molecule has 0 aromatic carbocycles. The fraction of sp³-hybridized carbons (Fsp3) is 0.615. The Morgan fingerprint density at radius 1 is 1.25 bits per heavy atom. The van der Waals surface area contributed by atoms with Crippen LogP contribution in [0.3, 0.4) is 0 Å². The van der Waals surface area contributed by atoms with E-state index in [0.717, 1.165) is 4.99 Å². The summed E-state index contributed by atoms with van der Waals surface area (Å²) in [5.74, 6) is 0.192. The molecule has 92 valence electrons. The molecule has 3 heteroatoms. The van der Waals surface area contributed by atoms with E-state index in [1.54, 1.807) is 0 Å². The maximum atomic E-state index is 9.98. The number of thiocarbonyl (C=S) groups is 1. The summed E-state index contributed by atoms with van der Waals surface area (Å²) in [6.07, 6.45) is 3.22. The second-order valence-corrected chi connectivity index (χ2v) is 4.76. The van der Waals surface area contributed by atoms with Crippen molar-refractivity contribution in [2.75, 3.05) is 13.1 Å². The van der Waals surface area contributed by atoms with Crippen molar-refractivity contribution < 1.29 is 5.11 Å². The molecule has 0 aliphatic carbocycles. The predicted molar refractivity (Wildman–Crippen MR) is 74.6 cm³/mol. The Hall–Kier alpha value is -0.670. The van der Waals surface area contributed by atoms with Gasteiger partial charge in [0.25, 0.3) is 0 Å². The van der Waals surface area contributed by atoms with Crippen molar-refractivity contribution in [3.8, 4) is 0 Å². The van der Waals surface area contributed by atoms with Gasteiger partial charge in [0, 0.05) is 19.0 Å². The summed E-state index contributed by atoms with van der Waals surface area (Å²) in [5.41, 5.74) is 0. The van der Waals surface area contributed by atoms with Gasteiger partial charge in [0.05, 0.1) is 11.1 Å². The van der Waals surface area contributed by atoms with Gasteiger partial charge >= 0.3 is 0 Å². The van der Waals surface area contributed by atoms with Crippen molar-refractivity contribution >= 4 is 17.2 Å². The monoisotopic (exact) mass is 241 g/mol. The van der Waals surface area contributed by atoms with Crippen LogP contribution in [-0.2, 0) is 0 Å². The van der Waals surface area contributed by atoms with Crippen molar-refractivity contribution in [1.29, 1.82) is 0 Å². The Bertz CT molecular complexity index is 240. The van der Waals surface area contributed by atoms with E-state index in [1.807, 2.05) is 37.8 Å². The average molecular weight is 241 g/mol. The molecular weight excluding hydrogens is 218 g/mol. The van der Waals surface area contributed by atoms with E-state index in [2.05, 4.69) is 13.2 Å². The van der Waals surface area contributed by atoms with Crippen LogP contribution in [0.4, 0.5) is 0 Å². The van der Waals surface area contributed by atoms with Crippen LogP contribution < -0.4 is 0 Å². The minimum absolute atomic E-state index is 0.0186. The molecule has 0 saturated carbocycles. The van der Waals surface area contributed by atoms with Gasteiger partial charge in [0.2, 0.25) is 0 Å². The van der Waals surface area contributed by atoms with Crippen LogP contribution in [-0.4, -0.2) is 34.2 Å². The van der Waals surface area contributed by atoms with E-state index in [9.17, 15) is 5.11 Å². The lowest BCUT2D eigenvalue weighted by atomic mass is 9.94. The van der Waals surface area contributed by atoms with Gasteiger partial charge in [-0.2, -0.15) is 0 Å². The highest BCUT2D eigenvalue weighted by Crippen LogP contribution is 2.16. The van der Waals surface area contributed by atoms with Crippen molar-refractivity contribution in [2.45, 2.75) is 26.9 Å². The third-order valence-electron chi connectivity index (χ3n) is 2.60. The summed E-state index contributed by atoms with van der Waals surface area (Å²) < 4.78 is 0. The van der Waals surface area contributed by atoms with E-state index in [0.29, 0.717) is 13.1 Å². The van der Waals surface area contributed by atoms with Gasteiger partial charge in [-0.05, 0) is 5.92 Å². The first-order chi connectivity index (χ1) is 7.45. The van der Waals surface area contributed by atoms with Crippen LogP contribution in [0.15, 0.2) is 25.3 Å². The molecule has 0 bridgehead atoms. The Balaban J connectivity index is 4.58. The molecule has 0 saturated heterocycles. The molecule has 0 amide bonds. The predicted octanol–water partition coefficient (Wildman–Crippen LogP) is 2.64. The first-order valence-electron chi connectivity index (χ1n) is 5.64. The largest absolute Gasteiger partial charge is 0.392 e. The number of hydrogen-bond donors (Lipinski definition) is 1. The van der Waals surface area contributed by atoms with Gasteiger partial charge in [0.1, 0.15) is 0 Å². The number of nitrogens with zero attached hydrogens (tertiary/aromatic N) is 1. The Kier molecular flexibility index (Phi) is 7.26. The molecule has 0 spiro atoms. The zero-order valence-corrected chi connectivity index (χ0v) is 11.3. The van der Waals surface area contributed by atoms with E-state index in [-0.39, 0.29) is 11.8 Å². The van der Waals surface area contributed by atoms with Crippen molar-refractivity contribution in [2.24, 2.45) is 11.8 Å². The summed E-state index contributed by atoms with van der Waals surface area (Å²) in [7, 11) is 0. The highest BCUT2D eigenvalue weighted by atomic mass is 32.1. The fourth-order valence-corrected chi connectivity index (χ4v) is 1.87. The lowest BCUT2D eigenvalue weighted by Gasteiger charge is -2.30. The molecule has 0 aromatic heterocycles. The van der Waals surface area contributed by atoms with Crippen LogP contribution in [0.5, 0.6) is 0 Å². The molecule has 16 heavy (non-hydrogen) atoms. The zero-order valence-electron chi connectivity index (χ0n) is 10.5. The normalized spacial score (nSPS) is 14.3. The standard InChI is InChI=1S/C13H23NOS/c1-6-8-14(9-7-2)13(16)11(5)12(15)10(3)4/h6-7,10-12,15H,1-2,8-9H2,3-5H3/t11-,12+/m0/s1. The minimum Gasteiger partial charge on any atom is -0.392 e. The minimum atomic E-state index is -0.398. The van der Waals surface area contributed by atoms with Crippen LogP contribution in [0, 0.1) is 11.8 Å². The molecule has 0 unspecified atom stereocenters. The lowest BCUT2D eigenvalue weighted by molar-refractivity contribution is 0.0948. The van der Waals surface area contributed by atoms with Crippen LogP contribution in [0.1, 0.15) is 20.8 Å². The fourth-order valence-electron chi connectivity index (χ4n) is 1.58. The zero-order chi connectivity index (χ0) is 12.7. The molecule has 1 N–H and O–H groups in total. The first kappa shape index (κ1) is 15.3. The van der Waals surface area contributed by atoms with Gasteiger partial charge in [0.15, 0.2) is 0 Å². The number of aliphatic hydroxyl groups is 1. The molecule has 0 rings (SSSR count). The smallest absolute Gasteiger partial charge is 0.0839 e. The second kappa shape index (κ2) is 7.58. The van der Waals surface area contributed by atoms with Crippen molar-refractivity contribution in [3.63, 3.8) is 0 Å². The average Bonchev–Trinajstić information content (AvgIpc) is 2.25. The molecule has 2 atom stereocenters. The molecule has 0 aromatic rings. The van der Waals surface area contributed by atoms with E-state index < -0.39 is 6.10 Å². The van der Waals surface area contributed by atoms with E-state index in [4.69, 9.17) is 12.2 Å². The highest BCUT2D eigenvalue weighted by molar-refractivity contribution is 7.80. The molecule has 0 heterocycles. The van der Waals surface area contributed by atoms with E-state index >= 15 is 0 Å². The SMILES string of the molecule is C=CCN(CC=C)C(=S)[C@@H](C)[C@H](O)C(C)C. The second-order valence-electron chi connectivity index (χ2n) is 4.34. The topological polar surface area (TPSA) is 23.5 Å². The number of aliphatic hydroxyl groups excluding tert-OH is 1. The van der Waals surface area contributed by atoms with Crippen molar-refractivity contribution in [3.05, 3.63) is 25.3 Å². The third-order valence-corrected chi connectivity index (χ3v) is 3.23. The first-order valence-corrected chi connectivity index (χ1v) is 6.05. The Morgan fingerprint density at radius 3 is 2.00 bits per heavy atom. The summed E-state index contributed by atoms with van der Waals surface area (Å²) in [6, 6.07) is 0. The van der Waals surface area contributed by atoms with Crippen LogP contribution in [0.2, 0.25) is 0 Å². The molecule has 0 aliphatic rings. The summed E-state index contributed by atoms with van der Waals surface area (Å²) in [4.78, 5) is 2.78. The summed E-state index contributed by atoms with van der Waals surface area (Å²) in [6.45, 7) is 14.8. The van der Waals surface area contributed by atoms with Crippen LogP contribution >= 0.6 is 12.2 Å². The van der Waals surface area contributed by atoms with E-state index in [1.165, 1.54) is 0 Å². The third kappa shape index (κ3) is 4.45. The van der Waals surface area contributed by atoms with Gasteiger partial charge < -0.3 is 10.0 Å². The lowest BCUT2D eigenvalue weighted by Crippen LogP contribution is -2.40. The molecule has 0 fully saturated rings. The maximum absolute atomic E-state index is 9.98. The number of rotatable bonds is 7.